The smallest absolute Gasteiger partial charge is 0.233 e. The number of aromatic nitrogens is 3. The Morgan fingerprint density at radius 2 is 1.76 bits per heavy atom. The Morgan fingerprint density at radius 3 is 2.47 bits per heavy atom. The van der Waals surface area contributed by atoms with Crippen molar-refractivity contribution in [1.82, 2.24) is 19.7 Å². The van der Waals surface area contributed by atoms with Crippen LogP contribution in [0.3, 0.4) is 0 Å². The first-order valence-electron chi connectivity index (χ1n) is 11.4. The first kappa shape index (κ1) is 23.1. The zero-order valence-corrected chi connectivity index (χ0v) is 21.0. The van der Waals surface area contributed by atoms with E-state index in [4.69, 9.17) is 11.6 Å². The third kappa shape index (κ3) is 5.37. The molecular formula is C26H25ClN4OS2. The molecule has 0 atom stereocenters. The lowest BCUT2D eigenvalue weighted by atomic mass is 9.90. The third-order valence-corrected chi connectivity index (χ3v) is 8.15. The molecule has 0 saturated carbocycles. The normalized spacial score (nSPS) is 14.4. The Hall–Kier alpha value is -2.61. The van der Waals surface area contributed by atoms with Gasteiger partial charge in [0.2, 0.25) is 5.91 Å². The number of benzene rings is 2. The molecule has 1 aliphatic heterocycles. The van der Waals surface area contributed by atoms with E-state index < -0.39 is 0 Å². The molecule has 1 saturated heterocycles. The van der Waals surface area contributed by atoms with Crippen LogP contribution in [0.25, 0.3) is 16.4 Å². The van der Waals surface area contributed by atoms with E-state index in [1.807, 2.05) is 51.2 Å². The number of thiophene rings is 1. The standard InChI is InChI=1S/C26H25ClN4OS2/c27-21-8-10-22(11-9-21)31-25(23-7-4-16-33-23)28-29-26(31)34-18-24(32)30-14-12-20(13-15-30)17-19-5-2-1-3-6-19/h1-11,16,20H,12-15,17-18H2. The second kappa shape index (κ2) is 10.8. The highest BCUT2D eigenvalue weighted by atomic mass is 35.5. The second-order valence-electron chi connectivity index (χ2n) is 8.40. The van der Waals surface area contributed by atoms with Gasteiger partial charge in [0.15, 0.2) is 11.0 Å². The van der Waals surface area contributed by atoms with Crippen LogP contribution >= 0.6 is 34.7 Å². The number of halogens is 1. The SMILES string of the molecule is O=C(CSc1nnc(-c2cccs2)n1-c1ccc(Cl)cc1)N1CCC(Cc2ccccc2)CC1. The van der Waals surface area contributed by atoms with Crippen molar-refractivity contribution in [3.63, 3.8) is 0 Å². The molecule has 5 rings (SSSR count). The summed E-state index contributed by atoms with van der Waals surface area (Å²) in [5.41, 5.74) is 2.31. The number of rotatable bonds is 7. The van der Waals surface area contributed by atoms with E-state index in [1.165, 1.54) is 17.3 Å². The van der Waals surface area contributed by atoms with Crippen molar-refractivity contribution in [2.24, 2.45) is 5.92 Å². The molecule has 1 aliphatic rings. The summed E-state index contributed by atoms with van der Waals surface area (Å²) in [5.74, 6) is 1.92. The first-order chi connectivity index (χ1) is 16.7. The van der Waals surface area contributed by atoms with Gasteiger partial charge in [-0.2, -0.15) is 0 Å². The molecule has 1 amide bonds. The Kier molecular flexibility index (Phi) is 7.33. The van der Waals surface area contributed by atoms with Gasteiger partial charge in [-0.25, -0.2) is 0 Å². The number of thioether (sulfide) groups is 1. The number of carbonyl (C=O) groups excluding carboxylic acids is 1. The van der Waals surface area contributed by atoms with Crippen LogP contribution in [0.4, 0.5) is 0 Å². The van der Waals surface area contributed by atoms with Gasteiger partial charge >= 0.3 is 0 Å². The third-order valence-electron chi connectivity index (χ3n) is 6.12. The zero-order chi connectivity index (χ0) is 23.3. The van der Waals surface area contributed by atoms with E-state index >= 15 is 0 Å². The molecule has 5 nitrogen and oxygen atoms in total. The van der Waals surface area contributed by atoms with Gasteiger partial charge in [0, 0.05) is 23.8 Å². The summed E-state index contributed by atoms with van der Waals surface area (Å²) in [6, 6.07) is 22.3. The number of amides is 1. The maximum atomic E-state index is 13.0. The van der Waals surface area contributed by atoms with E-state index in [0.717, 1.165) is 48.7 Å². The van der Waals surface area contributed by atoms with Gasteiger partial charge in [-0.1, -0.05) is 59.8 Å². The van der Waals surface area contributed by atoms with Crippen LogP contribution in [-0.4, -0.2) is 44.4 Å². The maximum absolute atomic E-state index is 13.0. The summed E-state index contributed by atoms with van der Waals surface area (Å²) < 4.78 is 2.01. The van der Waals surface area contributed by atoms with Gasteiger partial charge < -0.3 is 4.90 Å². The van der Waals surface area contributed by atoms with Crippen molar-refractivity contribution in [3.05, 3.63) is 82.7 Å². The molecule has 2 aromatic carbocycles. The molecule has 1 fully saturated rings. The molecule has 174 valence electrons. The summed E-state index contributed by atoms with van der Waals surface area (Å²) in [4.78, 5) is 16.0. The monoisotopic (exact) mass is 508 g/mol. The van der Waals surface area contributed by atoms with Crippen LogP contribution in [0.1, 0.15) is 18.4 Å². The number of piperidine rings is 1. The summed E-state index contributed by atoms with van der Waals surface area (Å²) >= 11 is 9.16. The molecule has 0 bridgehead atoms. The lowest BCUT2D eigenvalue weighted by Crippen LogP contribution is -2.39. The first-order valence-corrected chi connectivity index (χ1v) is 13.6. The molecular weight excluding hydrogens is 484 g/mol. The van der Waals surface area contributed by atoms with Crippen molar-refractivity contribution in [2.45, 2.75) is 24.4 Å². The average Bonchev–Trinajstić information content (AvgIpc) is 3.54. The van der Waals surface area contributed by atoms with Crippen molar-refractivity contribution in [3.8, 4) is 16.4 Å². The van der Waals surface area contributed by atoms with Crippen LogP contribution in [-0.2, 0) is 11.2 Å². The lowest BCUT2D eigenvalue weighted by molar-refractivity contribution is -0.129. The topological polar surface area (TPSA) is 51.0 Å². The summed E-state index contributed by atoms with van der Waals surface area (Å²) in [6.45, 7) is 1.64. The van der Waals surface area contributed by atoms with Crippen LogP contribution in [0.2, 0.25) is 5.02 Å². The van der Waals surface area contributed by atoms with Gasteiger partial charge in [-0.05, 0) is 66.5 Å². The summed E-state index contributed by atoms with van der Waals surface area (Å²) in [5, 5.41) is 12.3. The summed E-state index contributed by atoms with van der Waals surface area (Å²) in [6.07, 6.45) is 3.19. The Labute approximate surface area is 212 Å². The van der Waals surface area contributed by atoms with Crippen LogP contribution in [0.5, 0.6) is 0 Å². The highest BCUT2D eigenvalue weighted by Crippen LogP contribution is 2.31. The molecule has 0 N–H and O–H groups in total. The van der Waals surface area contributed by atoms with Gasteiger partial charge in [0.05, 0.1) is 10.6 Å². The predicted octanol–water partition coefficient (Wildman–Crippen LogP) is 6.22. The fourth-order valence-corrected chi connectivity index (χ4v) is 5.98. The molecule has 0 radical (unpaired) electrons. The van der Waals surface area contributed by atoms with E-state index in [2.05, 4.69) is 40.5 Å². The van der Waals surface area contributed by atoms with Crippen LogP contribution < -0.4 is 0 Å². The van der Waals surface area contributed by atoms with E-state index in [1.54, 1.807) is 11.3 Å². The maximum Gasteiger partial charge on any atom is 0.233 e. The minimum absolute atomic E-state index is 0.159. The van der Waals surface area contributed by atoms with Crippen LogP contribution in [0.15, 0.2) is 77.3 Å². The highest BCUT2D eigenvalue weighted by molar-refractivity contribution is 7.99. The number of hydrogen-bond acceptors (Lipinski definition) is 5. The second-order valence-corrected chi connectivity index (χ2v) is 10.7. The quantitative estimate of drug-likeness (QED) is 0.278. The largest absolute Gasteiger partial charge is 0.342 e. The Bertz CT molecular complexity index is 1220. The van der Waals surface area contributed by atoms with E-state index in [-0.39, 0.29) is 5.91 Å². The van der Waals surface area contributed by atoms with Gasteiger partial charge in [-0.3, -0.25) is 9.36 Å². The fraction of sp³-hybridized carbons (Fsp3) is 0.269. The van der Waals surface area contributed by atoms with Crippen molar-refractivity contribution < 1.29 is 4.79 Å². The van der Waals surface area contributed by atoms with Crippen molar-refractivity contribution in [1.29, 1.82) is 0 Å². The Balaban J connectivity index is 1.24. The minimum Gasteiger partial charge on any atom is -0.342 e. The molecule has 0 spiro atoms. The van der Waals surface area contributed by atoms with Crippen LogP contribution in [0, 0.1) is 5.92 Å². The zero-order valence-electron chi connectivity index (χ0n) is 18.6. The number of nitrogens with zero attached hydrogens (tertiary/aromatic N) is 4. The summed E-state index contributed by atoms with van der Waals surface area (Å²) in [7, 11) is 0. The highest BCUT2D eigenvalue weighted by Gasteiger charge is 2.24. The van der Waals surface area contributed by atoms with E-state index in [9.17, 15) is 4.79 Å². The average molecular weight is 509 g/mol. The predicted molar refractivity (Wildman–Crippen MR) is 140 cm³/mol. The molecule has 34 heavy (non-hydrogen) atoms. The van der Waals surface area contributed by atoms with Gasteiger partial charge in [0.1, 0.15) is 0 Å². The fourth-order valence-electron chi connectivity index (χ4n) is 4.30. The number of hydrogen-bond donors (Lipinski definition) is 0. The van der Waals surface area contributed by atoms with Crippen molar-refractivity contribution >= 4 is 40.6 Å². The molecule has 3 heterocycles. The molecule has 8 heteroatoms. The number of likely N-dealkylation sites (tertiary alicyclic amines) is 1. The van der Waals surface area contributed by atoms with Gasteiger partial charge in [-0.15, -0.1) is 21.5 Å². The van der Waals surface area contributed by atoms with Gasteiger partial charge in [0.25, 0.3) is 0 Å². The Morgan fingerprint density at radius 1 is 1.00 bits per heavy atom. The number of carbonyl (C=O) groups is 1. The minimum atomic E-state index is 0.159. The van der Waals surface area contributed by atoms with E-state index in [0.29, 0.717) is 21.8 Å². The lowest BCUT2D eigenvalue weighted by Gasteiger charge is -2.32. The molecule has 4 aromatic rings. The molecule has 0 unspecified atom stereocenters. The molecule has 0 aliphatic carbocycles. The molecule has 2 aromatic heterocycles. The van der Waals surface area contributed by atoms with Crippen molar-refractivity contribution in [2.75, 3.05) is 18.8 Å².